The van der Waals surface area contributed by atoms with E-state index in [1.165, 1.54) is 5.56 Å². The third-order valence-corrected chi connectivity index (χ3v) is 6.11. The van der Waals surface area contributed by atoms with Crippen LogP contribution in [0, 0.1) is 0 Å². The maximum Gasteiger partial charge on any atom is 0.191 e. The van der Waals surface area contributed by atoms with Crippen molar-refractivity contribution >= 4 is 35.0 Å². The molecule has 0 amide bonds. The van der Waals surface area contributed by atoms with Gasteiger partial charge in [0, 0.05) is 28.8 Å². The molecule has 0 unspecified atom stereocenters. The van der Waals surface area contributed by atoms with Crippen LogP contribution in [0.3, 0.4) is 0 Å². The molecule has 0 aliphatic carbocycles. The summed E-state index contributed by atoms with van der Waals surface area (Å²) in [4.78, 5) is 0. The van der Waals surface area contributed by atoms with Crippen LogP contribution in [-0.4, -0.2) is 21.9 Å². The van der Waals surface area contributed by atoms with Gasteiger partial charge in [-0.15, -0.1) is 10.2 Å². The van der Waals surface area contributed by atoms with E-state index >= 15 is 0 Å². The van der Waals surface area contributed by atoms with Crippen LogP contribution in [0.5, 0.6) is 5.75 Å². The predicted molar refractivity (Wildman–Crippen MR) is 117 cm³/mol. The van der Waals surface area contributed by atoms with Crippen molar-refractivity contribution in [3.63, 3.8) is 0 Å². The van der Waals surface area contributed by atoms with Gasteiger partial charge in [0.25, 0.3) is 0 Å². The number of hydrogen-bond acceptors (Lipinski definition) is 4. The zero-order valence-corrected chi connectivity index (χ0v) is 18.3. The van der Waals surface area contributed by atoms with Gasteiger partial charge in [-0.05, 0) is 55.2 Å². The van der Waals surface area contributed by atoms with Gasteiger partial charge in [-0.1, -0.05) is 53.2 Å². The van der Waals surface area contributed by atoms with Crippen LogP contribution in [-0.2, 0) is 25.1 Å². The fourth-order valence-electron chi connectivity index (χ4n) is 2.95. The summed E-state index contributed by atoms with van der Waals surface area (Å²) in [5, 5.41) is 11.1. The van der Waals surface area contributed by atoms with Crippen LogP contribution in [0.1, 0.15) is 30.3 Å². The molecule has 0 fully saturated rings. The third-order valence-electron chi connectivity index (χ3n) is 4.51. The van der Waals surface area contributed by atoms with Crippen LogP contribution in [0.4, 0.5) is 0 Å². The molecule has 0 atom stereocenters. The molecule has 0 aliphatic rings. The Kier molecular flexibility index (Phi) is 7.65. The van der Waals surface area contributed by atoms with E-state index in [0.717, 1.165) is 53.9 Å². The number of thioether (sulfide) groups is 1. The SMILES string of the molecule is CCn1c(CCCc2ccc(OC)cc2)nnc1SCc1ccc(Cl)cc1Cl. The highest BCUT2D eigenvalue weighted by atomic mass is 35.5. The van der Waals surface area contributed by atoms with Gasteiger partial charge in [0.15, 0.2) is 5.16 Å². The van der Waals surface area contributed by atoms with Crippen LogP contribution in [0.15, 0.2) is 47.6 Å². The van der Waals surface area contributed by atoms with Crippen LogP contribution < -0.4 is 4.74 Å². The molecule has 2 aromatic carbocycles. The first kappa shape index (κ1) is 21.0. The fraction of sp³-hybridized carbons (Fsp3) is 0.333. The normalized spacial score (nSPS) is 11.0. The molecule has 3 aromatic rings. The Balaban J connectivity index is 1.58. The van der Waals surface area contributed by atoms with Crippen molar-refractivity contribution in [1.82, 2.24) is 14.8 Å². The maximum atomic E-state index is 6.27. The molecular formula is C21H23Cl2N3OS. The topological polar surface area (TPSA) is 39.9 Å². The molecule has 0 spiro atoms. The van der Waals surface area contributed by atoms with E-state index in [2.05, 4.69) is 33.8 Å². The lowest BCUT2D eigenvalue weighted by Crippen LogP contribution is -2.04. The van der Waals surface area contributed by atoms with Crippen molar-refractivity contribution in [3.8, 4) is 5.75 Å². The molecule has 3 rings (SSSR count). The number of methoxy groups -OCH3 is 1. The number of hydrogen-bond donors (Lipinski definition) is 0. The molecular weight excluding hydrogens is 413 g/mol. The van der Waals surface area contributed by atoms with E-state index in [4.69, 9.17) is 27.9 Å². The summed E-state index contributed by atoms with van der Waals surface area (Å²) >= 11 is 13.9. The number of aromatic nitrogens is 3. The molecule has 1 heterocycles. The molecule has 0 saturated carbocycles. The summed E-state index contributed by atoms with van der Waals surface area (Å²) < 4.78 is 7.39. The van der Waals surface area contributed by atoms with E-state index in [0.29, 0.717) is 10.0 Å². The number of rotatable bonds is 9. The first-order valence-electron chi connectivity index (χ1n) is 9.22. The Bertz CT molecular complexity index is 913. The number of benzene rings is 2. The average molecular weight is 436 g/mol. The number of nitrogens with zero attached hydrogens (tertiary/aromatic N) is 3. The molecule has 148 valence electrons. The molecule has 0 bridgehead atoms. The summed E-state index contributed by atoms with van der Waals surface area (Å²) in [5.41, 5.74) is 2.35. The second-order valence-electron chi connectivity index (χ2n) is 6.37. The molecule has 0 radical (unpaired) electrons. The minimum atomic E-state index is 0.648. The molecule has 0 aliphatic heterocycles. The summed E-state index contributed by atoms with van der Waals surface area (Å²) in [6.07, 6.45) is 2.93. The Morgan fingerprint density at radius 1 is 1.04 bits per heavy atom. The fourth-order valence-corrected chi connectivity index (χ4v) is 4.53. The lowest BCUT2D eigenvalue weighted by molar-refractivity contribution is 0.414. The van der Waals surface area contributed by atoms with Gasteiger partial charge < -0.3 is 9.30 Å². The smallest absolute Gasteiger partial charge is 0.191 e. The standard InChI is InChI=1S/C21H23Cl2N3OS/c1-3-26-20(6-4-5-15-7-11-18(27-2)12-8-15)24-25-21(26)28-14-16-9-10-17(22)13-19(16)23/h7-13H,3-6,14H2,1-2H3. The van der Waals surface area contributed by atoms with Crippen molar-refractivity contribution in [1.29, 1.82) is 0 Å². The molecule has 1 aromatic heterocycles. The van der Waals surface area contributed by atoms with E-state index in [1.54, 1.807) is 24.9 Å². The molecule has 7 heteroatoms. The Labute approximate surface area is 180 Å². The van der Waals surface area contributed by atoms with Crippen LogP contribution in [0.25, 0.3) is 0 Å². The molecule has 4 nitrogen and oxygen atoms in total. The Morgan fingerprint density at radius 2 is 1.82 bits per heavy atom. The largest absolute Gasteiger partial charge is 0.497 e. The average Bonchev–Trinajstić information content (AvgIpc) is 3.09. The molecule has 0 N–H and O–H groups in total. The van der Waals surface area contributed by atoms with E-state index in [9.17, 15) is 0 Å². The van der Waals surface area contributed by atoms with Crippen molar-refractivity contribution in [2.75, 3.05) is 7.11 Å². The summed E-state index contributed by atoms with van der Waals surface area (Å²) in [5.74, 6) is 2.65. The minimum absolute atomic E-state index is 0.648. The Morgan fingerprint density at radius 3 is 2.50 bits per heavy atom. The van der Waals surface area contributed by atoms with Crippen molar-refractivity contribution in [3.05, 3.63) is 69.5 Å². The summed E-state index contributed by atoms with van der Waals surface area (Å²) in [7, 11) is 1.68. The van der Waals surface area contributed by atoms with E-state index in [-0.39, 0.29) is 0 Å². The first-order chi connectivity index (χ1) is 13.6. The van der Waals surface area contributed by atoms with Gasteiger partial charge >= 0.3 is 0 Å². The third kappa shape index (κ3) is 5.43. The lowest BCUT2D eigenvalue weighted by atomic mass is 10.1. The summed E-state index contributed by atoms with van der Waals surface area (Å²) in [6.45, 7) is 2.97. The van der Waals surface area contributed by atoms with Crippen molar-refractivity contribution in [2.45, 2.75) is 43.6 Å². The zero-order chi connectivity index (χ0) is 19.9. The van der Waals surface area contributed by atoms with Crippen LogP contribution >= 0.6 is 35.0 Å². The second-order valence-corrected chi connectivity index (χ2v) is 8.16. The minimum Gasteiger partial charge on any atom is -0.497 e. The second kappa shape index (κ2) is 10.2. The van der Waals surface area contributed by atoms with Gasteiger partial charge in [-0.3, -0.25) is 0 Å². The summed E-state index contributed by atoms with van der Waals surface area (Å²) in [6, 6.07) is 13.8. The van der Waals surface area contributed by atoms with E-state index in [1.807, 2.05) is 24.3 Å². The highest BCUT2D eigenvalue weighted by Gasteiger charge is 2.12. The Hall–Kier alpha value is -1.69. The first-order valence-corrected chi connectivity index (χ1v) is 11.0. The molecule has 28 heavy (non-hydrogen) atoms. The zero-order valence-electron chi connectivity index (χ0n) is 16.0. The predicted octanol–water partition coefficient (Wildman–Crippen LogP) is 6.08. The van der Waals surface area contributed by atoms with Crippen LogP contribution in [0.2, 0.25) is 10.0 Å². The molecule has 0 saturated heterocycles. The van der Waals surface area contributed by atoms with Crippen molar-refractivity contribution in [2.24, 2.45) is 0 Å². The number of aryl methyl sites for hydroxylation is 2. The van der Waals surface area contributed by atoms with E-state index < -0.39 is 0 Å². The highest BCUT2D eigenvalue weighted by Crippen LogP contribution is 2.28. The quantitative estimate of drug-likeness (QED) is 0.381. The monoisotopic (exact) mass is 435 g/mol. The van der Waals surface area contributed by atoms with Gasteiger partial charge in [-0.25, -0.2) is 0 Å². The maximum absolute atomic E-state index is 6.27. The number of ether oxygens (including phenoxy) is 1. The van der Waals surface area contributed by atoms with Gasteiger partial charge in [0.2, 0.25) is 0 Å². The highest BCUT2D eigenvalue weighted by molar-refractivity contribution is 7.98. The van der Waals surface area contributed by atoms with Gasteiger partial charge in [0.05, 0.1) is 7.11 Å². The van der Waals surface area contributed by atoms with Gasteiger partial charge in [0.1, 0.15) is 11.6 Å². The number of halogens is 2. The van der Waals surface area contributed by atoms with Gasteiger partial charge in [-0.2, -0.15) is 0 Å². The van der Waals surface area contributed by atoms with Crippen molar-refractivity contribution < 1.29 is 4.74 Å². The lowest BCUT2D eigenvalue weighted by Gasteiger charge is -2.08.